The number of nitrogens with one attached hydrogen (secondary N) is 1. The maximum atomic E-state index is 5.80. The lowest BCUT2D eigenvalue weighted by atomic mass is 10.3. The lowest BCUT2D eigenvalue weighted by Crippen LogP contribution is -2.33. The Kier molecular flexibility index (Phi) is 3.29. The molecule has 1 aromatic carbocycles. The molecule has 1 atom stereocenters. The van der Waals surface area contributed by atoms with Gasteiger partial charge >= 0.3 is 0 Å². The van der Waals surface area contributed by atoms with Gasteiger partial charge in [-0.05, 0) is 19.1 Å². The van der Waals surface area contributed by atoms with Gasteiger partial charge in [-0.3, -0.25) is 4.99 Å². The molecule has 0 spiro atoms. The molecule has 4 nitrogen and oxygen atoms in total. The van der Waals surface area contributed by atoms with Crippen LogP contribution in [0.5, 0.6) is 11.5 Å². The summed E-state index contributed by atoms with van der Waals surface area (Å²) in [6, 6.07) is 7.62. The van der Waals surface area contributed by atoms with Crippen LogP contribution >= 0.6 is 0 Å². The fourth-order valence-corrected chi connectivity index (χ4v) is 1.65. The van der Waals surface area contributed by atoms with Crippen molar-refractivity contribution in [3.8, 4) is 11.5 Å². The fourth-order valence-electron chi connectivity index (χ4n) is 1.65. The monoisotopic (exact) mass is 220 g/mol. The van der Waals surface area contributed by atoms with Crippen molar-refractivity contribution in [2.75, 3.05) is 20.2 Å². The number of hydrogen-bond acceptors (Lipinski definition) is 4. The second-order valence-corrected chi connectivity index (χ2v) is 3.60. The van der Waals surface area contributed by atoms with Gasteiger partial charge in [-0.25, -0.2) is 0 Å². The third-order valence-electron chi connectivity index (χ3n) is 2.46. The highest BCUT2D eigenvalue weighted by atomic mass is 16.5. The maximum absolute atomic E-state index is 5.80. The van der Waals surface area contributed by atoms with Crippen LogP contribution in [-0.2, 0) is 0 Å². The van der Waals surface area contributed by atoms with Gasteiger partial charge in [-0.15, -0.1) is 0 Å². The molecule has 0 fully saturated rings. The van der Waals surface area contributed by atoms with Crippen LogP contribution in [0.1, 0.15) is 6.92 Å². The average molecular weight is 220 g/mol. The zero-order chi connectivity index (χ0) is 11.4. The van der Waals surface area contributed by atoms with E-state index in [0.29, 0.717) is 0 Å². The van der Waals surface area contributed by atoms with Crippen LogP contribution in [0.4, 0.5) is 0 Å². The van der Waals surface area contributed by atoms with Gasteiger partial charge in [-0.2, -0.15) is 0 Å². The molecule has 0 saturated heterocycles. The van der Waals surface area contributed by atoms with Gasteiger partial charge in [-0.1, -0.05) is 12.1 Å². The second kappa shape index (κ2) is 4.88. The fraction of sp³-hybridized carbons (Fsp3) is 0.417. The number of para-hydroxylation sites is 2. The zero-order valence-corrected chi connectivity index (χ0v) is 9.56. The minimum Gasteiger partial charge on any atom is -0.493 e. The topological polar surface area (TPSA) is 42.9 Å². The average Bonchev–Trinajstić information content (AvgIpc) is 2.83. The van der Waals surface area contributed by atoms with Crippen LogP contribution in [0.15, 0.2) is 29.3 Å². The van der Waals surface area contributed by atoms with Gasteiger partial charge in [0.05, 0.1) is 13.7 Å². The molecule has 1 aliphatic rings. The van der Waals surface area contributed by atoms with E-state index in [9.17, 15) is 0 Å². The van der Waals surface area contributed by atoms with E-state index in [2.05, 4.69) is 10.3 Å². The Labute approximate surface area is 95.3 Å². The van der Waals surface area contributed by atoms with Crippen molar-refractivity contribution in [1.29, 1.82) is 0 Å². The number of ether oxygens (including phenoxy) is 2. The number of nitrogens with zero attached hydrogens (tertiary/aromatic N) is 1. The molecule has 1 aliphatic heterocycles. The quantitative estimate of drug-likeness (QED) is 0.835. The molecule has 4 heteroatoms. The lowest BCUT2D eigenvalue weighted by Gasteiger charge is -2.16. The molecule has 0 radical (unpaired) electrons. The third-order valence-corrected chi connectivity index (χ3v) is 2.46. The second-order valence-electron chi connectivity index (χ2n) is 3.60. The van der Waals surface area contributed by atoms with E-state index in [4.69, 9.17) is 9.47 Å². The smallest absolute Gasteiger partial charge is 0.162 e. The summed E-state index contributed by atoms with van der Waals surface area (Å²) in [5, 5.41) is 3.20. The van der Waals surface area contributed by atoms with Crippen LogP contribution in [0.2, 0.25) is 0 Å². The Balaban J connectivity index is 2.08. The van der Waals surface area contributed by atoms with E-state index < -0.39 is 0 Å². The summed E-state index contributed by atoms with van der Waals surface area (Å²) in [6.07, 6.45) is -0.0706. The lowest BCUT2D eigenvalue weighted by molar-refractivity contribution is 0.266. The van der Waals surface area contributed by atoms with Crippen molar-refractivity contribution in [2.24, 2.45) is 4.99 Å². The molecule has 0 aliphatic carbocycles. The highest BCUT2D eigenvalue weighted by Gasteiger charge is 2.16. The number of methoxy groups -OCH3 is 1. The Bertz CT molecular complexity index is 390. The summed E-state index contributed by atoms with van der Waals surface area (Å²) >= 11 is 0. The summed E-state index contributed by atoms with van der Waals surface area (Å²) in [5.74, 6) is 2.40. The van der Waals surface area contributed by atoms with Gasteiger partial charge < -0.3 is 14.8 Å². The van der Waals surface area contributed by atoms with Crippen LogP contribution in [0, 0.1) is 0 Å². The first-order valence-electron chi connectivity index (χ1n) is 5.39. The minimum atomic E-state index is -0.0706. The number of amidine groups is 1. The molecule has 0 amide bonds. The SMILES string of the molecule is COc1ccccc1OC(C)C1=NCCN1. The number of aliphatic imine (C=N–C) groups is 1. The number of rotatable bonds is 4. The molecule has 1 N–H and O–H groups in total. The van der Waals surface area contributed by atoms with E-state index in [1.165, 1.54) is 0 Å². The molecule has 0 bridgehead atoms. The van der Waals surface area contributed by atoms with E-state index in [1.54, 1.807) is 7.11 Å². The predicted octanol–water partition coefficient (Wildman–Crippen LogP) is 1.46. The Morgan fingerprint density at radius 2 is 2.06 bits per heavy atom. The summed E-state index contributed by atoms with van der Waals surface area (Å²) < 4.78 is 11.0. The van der Waals surface area contributed by atoms with Crippen molar-refractivity contribution in [2.45, 2.75) is 13.0 Å². The van der Waals surface area contributed by atoms with Crippen LogP contribution in [0.3, 0.4) is 0 Å². The summed E-state index contributed by atoms with van der Waals surface area (Å²) in [7, 11) is 1.64. The molecule has 1 heterocycles. The summed E-state index contributed by atoms with van der Waals surface area (Å²) in [5.41, 5.74) is 0. The zero-order valence-electron chi connectivity index (χ0n) is 9.56. The normalized spacial score (nSPS) is 16.2. The van der Waals surface area contributed by atoms with E-state index in [1.807, 2.05) is 31.2 Å². The van der Waals surface area contributed by atoms with Gasteiger partial charge in [0.15, 0.2) is 17.6 Å². The van der Waals surface area contributed by atoms with Gasteiger partial charge in [0.1, 0.15) is 5.84 Å². The van der Waals surface area contributed by atoms with Crippen LogP contribution < -0.4 is 14.8 Å². The minimum absolute atomic E-state index is 0.0706. The Morgan fingerprint density at radius 1 is 1.31 bits per heavy atom. The van der Waals surface area contributed by atoms with Crippen molar-refractivity contribution in [3.63, 3.8) is 0 Å². The van der Waals surface area contributed by atoms with Crippen molar-refractivity contribution in [1.82, 2.24) is 5.32 Å². The van der Waals surface area contributed by atoms with E-state index in [0.717, 1.165) is 30.4 Å². The first-order valence-corrected chi connectivity index (χ1v) is 5.39. The largest absolute Gasteiger partial charge is 0.493 e. The molecular formula is C12H16N2O2. The van der Waals surface area contributed by atoms with Crippen molar-refractivity contribution < 1.29 is 9.47 Å². The summed E-state index contributed by atoms with van der Waals surface area (Å²) in [6.45, 7) is 3.70. The first-order chi connectivity index (χ1) is 7.81. The molecule has 2 rings (SSSR count). The van der Waals surface area contributed by atoms with Gasteiger partial charge in [0.2, 0.25) is 0 Å². The van der Waals surface area contributed by atoms with Crippen LogP contribution in [-0.4, -0.2) is 32.1 Å². The standard InChI is InChI=1S/C12H16N2O2/c1-9(12-13-7-8-14-12)16-11-6-4-3-5-10(11)15-2/h3-6,9H,7-8H2,1-2H3,(H,13,14). The molecule has 0 aromatic heterocycles. The molecule has 1 unspecified atom stereocenters. The van der Waals surface area contributed by atoms with E-state index in [-0.39, 0.29) is 6.10 Å². The highest BCUT2D eigenvalue weighted by molar-refractivity contribution is 5.87. The van der Waals surface area contributed by atoms with E-state index >= 15 is 0 Å². The summed E-state index contributed by atoms with van der Waals surface area (Å²) in [4.78, 5) is 4.33. The maximum Gasteiger partial charge on any atom is 0.162 e. The predicted molar refractivity (Wildman–Crippen MR) is 63.4 cm³/mol. The van der Waals surface area contributed by atoms with Crippen molar-refractivity contribution >= 4 is 5.84 Å². The van der Waals surface area contributed by atoms with Gasteiger partial charge in [0, 0.05) is 6.54 Å². The van der Waals surface area contributed by atoms with Crippen molar-refractivity contribution in [3.05, 3.63) is 24.3 Å². The molecule has 86 valence electrons. The number of benzene rings is 1. The molecule has 1 aromatic rings. The molecule has 0 saturated carbocycles. The first kappa shape index (κ1) is 10.8. The van der Waals surface area contributed by atoms with Gasteiger partial charge in [0.25, 0.3) is 0 Å². The molecular weight excluding hydrogens is 204 g/mol. The highest BCUT2D eigenvalue weighted by Crippen LogP contribution is 2.26. The Hall–Kier alpha value is -1.71. The third kappa shape index (κ3) is 2.27. The van der Waals surface area contributed by atoms with Crippen LogP contribution in [0.25, 0.3) is 0 Å². The molecule has 16 heavy (non-hydrogen) atoms. The Morgan fingerprint density at radius 3 is 2.69 bits per heavy atom. The number of hydrogen-bond donors (Lipinski definition) is 1.